The lowest BCUT2D eigenvalue weighted by Crippen LogP contribution is -2.51. The summed E-state index contributed by atoms with van der Waals surface area (Å²) in [6, 6.07) is 0. The average Bonchev–Trinajstić information content (AvgIpc) is 2.58. The van der Waals surface area contributed by atoms with E-state index in [2.05, 4.69) is 34.2 Å². The molecule has 0 aromatic rings. The van der Waals surface area contributed by atoms with Crippen LogP contribution >= 0.6 is 0 Å². The standard InChI is InChI=1S/C16H33N5O2/c1-20(2)16(4-10-22-11-5-16)14-19-15(17)18-6-3-7-21-8-12-23-13-9-21/h3-14H2,1-2H3,(H3,17,18,19). The van der Waals surface area contributed by atoms with Gasteiger partial charge in [-0.2, -0.15) is 0 Å². The van der Waals surface area contributed by atoms with Crippen LogP contribution < -0.4 is 11.1 Å². The minimum Gasteiger partial charge on any atom is -0.381 e. The third-order valence-electron chi connectivity index (χ3n) is 4.98. The third kappa shape index (κ3) is 5.91. The maximum Gasteiger partial charge on any atom is 0.188 e. The topological polar surface area (TPSA) is 75.4 Å². The van der Waals surface area contributed by atoms with E-state index in [1.165, 1.54) is 0 Å². The highest BCUT2D eigenvalue weighted by molar-refractivity contribution is 5.77. The Morgan fingerprint density at radius 1 is 1.17 bits per heavy atom. The number of aliphatic imine (C=N–C) groups is 1. The van der Waals surface area contributed by atoms with Gasteiger partial charge in [0.2, 0.25) is 0 Å². The Labute approximate surface area is 140 Å². The SMILES string of the molecule is CN(C)C1(CN=C(N)NCCCN2CCOCC2)CCOCC1. The van der Waals surface area contributed by atoms with Crippen LogP contribution in [0.5, 0.6) is 0 Å². The van der Waals surface area contributed by atoms with Crippen molar-refractivity contribution in [1.29, 1.82) is 0 Å². The highest BCUT2D eigenvalue weighted by Gasteiger charge is 2.34. The van der Waals surface area contributed by atoms with Gasteiger partial charge in [0.05, 0.1) is 19.8 Å². The van der Waals surface area contributed by atoms with E-state index in [-0.39, 0.29) is 5.54 Å². The van der Waals surface area contributed by atoms with Gasteiger partial charge in [-0.15, -0.1) is 0 Å². The van der Waals surface area contributed by atoms with E-state index >= 15 is 0 Å². The van der Waals surface area contributed by atoms with Gasteiger partial charge in [0.25, 0.3) is 0 Å². The summed E-state index contributed by atoms with van der Waals surface area (Å²) in [5.41, 5.74) is 6.11. The molecule has 2 saturated heterocycles. The minimum atomic E-state index is 0.0817. The Balaban J connectivity index is 1.67. The summed E-state index contributed by atoms with van der Waals surface area (Å²) in [6.07, 6.45) is 3.09. The fraction of sp³-hybridized carbons (Fsp3) is 0.938. The van der Waals surface area contributed by atoms with E-state index in [4.69, 9.17) is 15.2 Å². The summed E-state index contributed by atoms with van der Waals surface area (Å²) in [4.78, 5) is 9.28. The zero-order chi connectivity index (χ0) is 16.5. The first-order chi connectivity index (χ1) is 11.1. The molecule has 0 spiro atoms. The van der Waals surface area contributed by atoms with E-state index in [0.29, 0.717) is 5.96 Å². The summed E-state index contributed by atoms with van der Waals surface area (Å²) in [5.74, 6) is 0.555. The zero-order valence-corrected chi connectivity index (χ0v) is 14.7. The molecule has 0 bridgehead atoms. The van der Waals surface area contributed by atoms with Gasteiger partial charge < -0.3 is 25.4 Å². The van der Waals surface area contributed by atoms with Gasteiger partial charge in [0.1, 0.15) is 0 Å². The first-order valence-corrected chi connectivity index (χ1v) is 8.71. The highest BCUT2D eigenvalue weighted by Crippen LogP contribution is 2.26. The second-order valence-corrected chi connectivity index (χ2v) is 6.67. The molecule has 0 aromatic heterocycles. The molecule has 0 radical (unpaired) electrons. The molecule has 0 saturated carbocycles. The van der Waals surface area contributed by atoms with Crippen molar-refractivity contribution in [2.75, 3.05) is 73.2 Å². The Morgan fingerprint density at radius 3 is 2.48 bits per heavy atom. The van der Waals surface area contributed by atoms with Gasteiger partial charge in [-0.3, -0.25) is 9.89 Å². The van der Waals surface area contributed by atoms with Gasteiger partial charge in [0, 0.05) is 38.4 Å². The fourth-order valence-corrected chi connectivity index (χ4v) is 3.13. The molecule has 2 rings (SSSR count). The predicted octanol–water partition coefficient (Wildman–Crippen LogP) is -0.276. The lowest BCUT2D eigenvalue weighted by atomic mass is 9.89. The number of nitrogens with one attached hydrogen (secondary N) is 1. The van der Waals surface area contributed by atoms with Gasteiger partial charge in [-0.1, -0.05) is 0 Å². The second kappa shape index (κ2) is 9.42. The maximum absolute atomic E-state index is 6.02. The molecule has 7 heteroatoms. The van der Waals surface area contributed by atoms with Crippen molar-refractivity contribution in [2.45, 2.75) is 24.8 Å². The van der Waals surface area contributed by atoms with E-state index in [9.17, 15) is 0 Å². The molecule has 3 N–H and O–H groups in total. The Bertz CT molecular complexity index is 363. The van der Waals surface area contributed by atoms with Crippen LogP contribution in [0.4, 0.5) is 0 Å². The molecule has 23 heavy (non-hydrogen) atoms. The van der Waals surface area contributed by atoms with Crippen LogP contribution in [-0.2, 0) is 9.47 Å². The second-order valence-electron chi connectivity index (χ2n) is 6.67. The summed E-state index contributed by atoms with van der Waals surface area (Å²) in [5, 5.41) is 3.24. The summed E-state index contributed by atoms with van der Waals surface area (Å²) in [6.45, 7) is 8.08. The van der Waals surface area contributed by atoms with Crippen molar-refractivity contribution in [2.24, 2.45) is 10.7 Å². The van der Waals surface area contributed by atoms with Gasteiger partial charge in [0.15, 0.2) is 5.96 Å². The van der Waals surface area contributed by atoms with E-state index in [1.807, 2.05) is 0 Å². The average molecular weight is 327 g/mol. The Morgan fingerprint density at radius 2 is 1.83 bits per heavy atom. The largest absolute Gasteiger partial charge is 0.381 e. The van der Waals surface area contributed by atoms with Crippen molar-refractivity contribution in [3.63, 3.8) is 0 Å². The van der Waals surface area contributed by atoms with Gasteiger partial charge in [-0.05, 0) is 39.9 Å². The molecule has 2 aliphatic heterocycles. The minimum absolute atomic E-state index is 0.0817. The van der Waals surface area contributed by atoms with Crippen molar-refractivity contribution in [1.82, 2.24) is 15.1 Å². The molecule has 0 unspecified atom stereocenters. The smallest absolute Gasteiger partial charge is 0.188 e. The van der Waals surface area contributed by atoms with E-state index in [1.54, 1.807) is 0 Å². The quantitative estimate of drug-likeness (QED) is 0.381. The van der Waals surface area contributed by atoms with E-state index < -0.39 is 0 Å². The molecule has 2 heterocycles. The molecular formula is C16H33N5O2. The van der Waals surface area contributed by atoms with Crippen LogP contribution in [0.1, 0.15) is 19.3 Å². The highest BCUT2D eigenvalue weighted by atomic mass is 16.5. The zero-order valence-electron chi connectivity index (χ0n) is 14.7. The molecule has 134 valence electrons. The summed E-state index contributed by atoms with van der Waals surface area (Å²) in [7, 11) is 4.24. The molecular weight excluding hydrogens is 294 g/mol. The Kier molecular flexibility index (Phi) is 7.55. The summed E-state index contributed by atoms with van der Waals surface area (Å²) >= 11 is 0. The molecule has 2 fully saturated rings. The number of likely N-dealkylation sites (N-methyl/N-ethyl adjacent to an activating group) is 1. The molecule has 0 atom stereocenters. The molecule has 2 aliphatic rings. The normalized spacial score (nSPS) is 23.2. The predicted molar refractivity (Wildman–Crippen MR) is 92.8 cm³/mol. The van der Waals surface area contributed by atoms with Crippen molar-refractivity contribution < 1.29 is 9.47 Å². The lowest BCUT2D eigenvalue weighted by Gasteiger charge is -2.41. The van der Waals surface area contributed by atoms with Crippen molar-refractivity contribution >= 4 is 5.96 Å². The Hall–Kier alpha value is -0.890. The number of ether oxygens (including phenoxy) is 2. The number of hydrogen-bond acceptors (Lipinski definition) is 5. The molecule has 0 aliphatic carbocycles. The first-order valence-electron chi connectivity index (χ1n) is 8.71. The van der Waals surface area contributed by atoms with Gasteiger partial charge >= 0.3 is 0 Å². The number of rotatable bonds is 7. The molecule has 7 nitrogen and oxygen atoms in total. The number of hydrogen-bond donors (Lipinski definition) is 2. The fourth-order valence-electron chi connectivity index (χ4n) is 3.13. The van der Waals surface area contributed by atoms with Crippen LogP contribution in [0.2, 0.25) is 0 Å². The first kappa shape index (κ1) is 18.4. The van der Waals surface area contributed by atoms with Crippen LogP contribution in [-0.4, -0.2) is 94.5 Å². The number of nitrogens with two attached hydrogens (primary N) is 1. The van der Waals surface area contributed by atoms with E-state index in [0.717, 1.165) is 78.4 Å². The van der Waals surface area contributed by atoms with Gasteiger partial charge in [-0.25, -0.2) is 0 Å². The molecule has 0 aromatic carbocycles. The van der Waals surface area contributed by atoms with Crippen molar-refractivity contribution in [3.05, 3.63) is 0 Å². The van der Waals surface area contributed by atoms with Crippen molar-refractivity contribution in [3.8, 4) is 0 Å². The molecule has 0 amide bonds. The van der Waals surface area contributed by atoms with Crippen LogP contribution in [0.15, 0.2) is 4.99 Å². The van der Waals surface area contributed by atoms with Crippen LogP contribution in [0.25, 0.3) is 0 Å². The van der Waals surface area contributed by atoms with Crippen LogP contribution in [0.3, 0.4) is 0 Å². The third-order valence-corrected chi connectivity index (χ3v) is 4.98. The number of morpholine rings is 1. The number of nitrogens with zero attached hydrogens (tertiary/aromatic N) is 3. The lowest BCUT2D eigenvalue weighted by molar-refractivity contribution is -0.00252. The summed E-state index contributed by atoms with van der Waals surface area (Å²) < 4.78 is 10.8. The monoisotopic (exact) mass is 327 g/mol. The maximum atomic E-state index is 6.02. The number of guanidine groups is 1. The van der Waals surface area contributed by atoms with Crippen LogP contribution in [0, 0.1) is 0 Å².